The molecule has 0 fully saturated rings. The Labute approximate surface area is 126 Å². The Morgan fingerprint density at radius 3 is 1.76 bits per heavy atom. The van der Waals surface area contributed by atoms with Crippen molar-refractivity contribution in [2.24, 2.45) is 0 Å². The fraction of sp³-hybridized carbons (Fsp3) is 0.0714. The first-order valence-corrected chi connectivity index (χ1v) is 7.72. The van der Waals surface area contributed by atoms with Gasteiger partial charge in [-0.1, -0.05) is 48.0 Å². The number of carboxylic acid groups (broad SMARTS) is 1. The maximum absolute atomic E-state index is 11.1. The fourth-order valence-electron chi connectivity index (χ4n) is 1.93. The molecule has 0 spiro atoms. The zero-order chi connectivity index (χ0) is 15.6. The molecular formula is C14H11ClO5S. The Bertz CT molecular complexity index is 751. The molecule has 0 aliphatic rings. The van der Waals surface area contributed by atoms with Gasteiger partial charge in [0.05, 0.1) is 0 Å². The minimum Gasteiger partial charge on any atom is -0.480 e. The summed E-state index contributed by atoms with van der Waals surface area (Å²) in [5.41, 5.74) is 1.61. The predicted molar refractivity (Wildman–Crippen MR) is 78.8 cm³/mol. The molecule has 5 nitrogen and oxygen atoms in total. The highest BCUT2D eigenvalue weighted by Gasteiger charge is 2.32. The molecular weight excluding hydrogens is 316 g/mol. The monoisotopic (exact) mass is 326 g/mol. The zero-order valence-corrected chi connectivity index (χ0v) is 12.2. The van der Waals surface area contributed by atoms with Gasteiger partial charge in [0.25, 0.3) is 10.1 Å². The molecule has 0 bridgehead atoms. The summed E-state index contributed by atoms with van der Waals surface area (Å²) in [6.45, 7) is 0. The smallest absolute Gasteiger partial charge is 0.329 e. The standard InChI is InChI=1S/C14H11ClO5S/c15-12-7-5-10(6-8-12)9-1-3-11(4-2-9)13(14(16)17)21(18,19)20/h1-8,13H,(H,16,17)(H,18,19,20). The first-order chi connectivity index (χ1) is 9.79. The predicted octanol–water partition coefficient (Wildman–Crippen LogP) is 3.02. The third-order valence-corrected chi connectivity index (χ3v) is 4.23. The van der Waals surface area contributed by atoms with Crippen molar-refractivity contribution in [3.05, 3.63) is 59.1 Å². The normalized spacial score (nSPS) is 12.9. The molecule has 0 amide bonds. The van der Waals surface area contributed by atoms with E-state index in [0.717, 1.165) is 11.1 Å². The summed E-state index contributed by atoms with van der Waals surface area (Å²) in [5, 5.41) is 7.53. The van der Waals surface area contributed by atoms with Gasteiger partial charge in [-0.25, -0.2) is 0 Å². The topological polar surface area (TPSA) is 91.7 Å². The molecule has 2 rings (SSSR count). The Balaban J connectivity index is 2.38. The second-order valence-corrected chi connectivity index (χ2v) is 6.30. The molecule has 1 unspecified atom stereocenters. The lowest BCUT2D eigenvalue weighted by atomic mass is 10.0. The Hall–Kier alpha value is -1.89. The van der Waals surface area contributed by atoms with E-state index in [2.05, 4.69) is 0 Å². The number of halogens is 1. The van der Waals surface area contributed by atoms with E-state index in [9.17, 15) is 13.2 Å². The minimum absolute atomic E-state index is 0.0114. The summed E-state index contributed by atoms with van der Waals surface area (Å²) in [7, 11) is -4.72. The van der Waals surface area contributed by atoms with Crippen molar-refractivity contribution in [1.82, 2.24) is 0 Å². The number of carbonyl (C=O) groups is 1. The van der Waals surface area contributed by atoms with Crippen molar-refractivity contribution < 1.29 is 22.9 Å². The van der Waals surface area contributed by atoms with E-state index in [1.165, 1.54) is 12.1 Å². The lowest BCUT2D eigenvalue weighted by Crippen LogP contribution is -2.21. The van der Waals surface area contributed by atoms with E-state index in [0.29, 0.717) is 5.02 Å². The summed E-state index contributed by atoms with van der Waals surface area (Å²) in [6, 6.07) is 12.9. The molecule has 0 saturated heterocycles. The van der Waals surface area contributed by atoms with E-state index in [1.54, 1.807) is 36.4 Å². The van der Waals surface area contributed by atoms with Crippen molar-refractivity contribution in [3.63, 3.8) is 0 Å². The number of hydrogen-bond acceptors (Lipinski definition) is 3. The van der Waals surface area contributed by atoms with Gasteiger partial charge in [-0.3, -0.25) is 9.35 Å². The van der Waals surface area contributed by atoms with E-state index in [-0.39, 0.29) is 5.56 Å². The molecule has 0 heterocycles. The molecule has 110 valence electrons. The van der Waals surface area contributed by atoms with Crippen LogP contribution in [0.25, 0.3) is 11.1 Å². The number of carboxylic acids is 1. The first-order valence-electron chi connectivity index (χ1n) is 5.84. The van der Waals surface area contributed by atoms with Crippen LogP contribution in [-0.4, -0.2) is 24.0 Å². The average molecular weight is 327 g/mol. The molecule has 0 radical (unpaired) electrons. The fourth-order valence-corrected chi connectivity index (χ4v) is 2.82. The van der Waals surface area contributed by atoms with Crippen LogP contribution in [0.4, 0.5) is 0 Å². The van der Waals surface area contributed by atoms with Crippen LogP contribution in [0.3, 0.4) is 0 Å². The van der Waals surface area contributed by atoms with Gasteiger partial charge in [0.15, 0.2) is 0 Å². The van der Waals surface area contributed by atoms with Gasteiger partial charge in [-0.05, 0) is 28.8 Å². The molecule has 1 atom stereocenters. The van der Waals surface area contributed by atoms with Crippen LogP contribution < -0.4 is 0 Å². The minimum atomic E-state index is -4.72. The molecule has 0 aliphatic carbocycles. The van der Waals surface area contributed by atoms with Gasteiger partial charge in [0.1, 0.15) is 0 Å². The Morgan fingerprint density at radius 2 is 1.38 bits per heavy atom. The summed E-state index contributed by atoms with van der Waals surface area (Å²) >= 11 is 5.79. The summed E-state index contributed by atoms with van der Waals surface area (Å²) in [4.78, 5) is 11.0. The average Bonchev–Trinajstić information content (AvgIpc) is 2.38. The van der Waals surface area contributed by atoms with Gasteiger partial charge in [-0.2, -0.15) is 8.42 Å². The molecule has 2 aromatic rings. The largest absolute Gasteiger partial charge is 0.480 e. The molecule has 2 N–H and O–H groups in total. The lowest BCUT2D eigenvalue weighted by molar-refractivity contribution is -0.136. The molecule has 21 heavy (non-hydrogen) atoms. The van der Waals surface area contributed by atoms with Gasteiger partial charge >= 0.3 is 5.97 Å². The first kappa shape index (κ1) is 15.5. The quantitative estimate of drug-likeness (QED) is 0.843. The molecule has 0 aliphatic heterocycles. The van der Waals surface area contributed by atoms with Crippen LogP contribution in [0.1, 0.15) is 10.8 Å². The Morgan fingerprint density at radius 1 is 0.952 bits per heavy atom. The van der Waals surface area contributed by atoms with Crippen LogP contribution in [0.15, 0.2) is 48.5 Å². The number of hydrogen-bond donors (Lipinski definition) is 2. The number of benzene rings is 2. The van der Waals surface area contributed by atoms with Gasteiger partial charge < -0.3 is 5.11 Å². The third kappa shape index (κ3) is 3.60. The number of aliphatic carboxylic acids is 1. The second kappa shape index (κ2) is 5.85. The van der Waals surface area contributed by atoms with Gasteiger partial charge in [0, 0.05) is 5.02 Å². The summed E-state index contributed by atoms with van der Waals surface area (Å²) < 4.78 is 31.2. The van der Waals surface area contributed by atoms with Crippen molar-refractivity contribution in [2.75, 3.05) is 0 Å². The maximum Gasteiger partial charge on any atom is 0.329 e. The van der Waals surface area contributed by atoms with E-state index in [4.69, 9.17) is 21.3 Å². The third-order valence-electron chi connectivity index (χ3n) is 2.91. The summed E-state index contributed by atoms with van der Waals surface area (Å²) in [6.07, 6.45) is 0. The van der Waals surface area contributed by atoms with Crippen LogP contribution >= 0.6 is 11.6 Å². The molecule has 0 saturated carbocycles. The highest BCUT2D eigenvalue weighted by Crippen LogP contribution is 2.26. The van der Waals surface area contributed by atoms with Crippen molar-refractivity contribution in [3.8, 4) is 11.1 Å². The summed E-state index contributed by atoms with van der Waals surface area (Å²) in [5.74, 6) is -1.63. The highest BCUT2D eigenvalue weighted by atomic mass is 35.5. The van der Waals surface area contributed by atoms with Gasteiger partial charge in [0.2, 0.25) is 5.25 Å². The van der Waals surface area contributed by atoms with Crippen molar-refractivity contribution >= 4 is 27.7 Å². The Kier molecular flexibility index (Phi) is 4.32. The van der Waals surface area contributed by atoms with E-state index in [1.807, 2.05) is 0 Å². The zero-order valence-electron chi connectivity index (χ0n) is 10.6. The van der Waals surface area contributed by atoms with Crippen LogP contribution in [-0.2, 0) is 14.9 Å². The molecule has 2 aromatic carbocycles. The van der Waals surface area contributed by atoms with Crippen molar-refractivity contribution in [2.45, 2.75) is 5.25 Å². The van der Waals surface area contributed by atoms with E-state index >= 15 is 0 Å². The van der Waals surface area contributed by atoms with Gasteiger partial charge in [-0.15, -0.1) is 0 Å². The maximum atomic E-state index is 11.1. The van der Waals surface area contributed by atoms with E-state index < -0.39 is 21.3 Å². The lowest BCUT2D eigenvalue weighted by Gasteiger charge is -2.10. The van der Waals surface area contributed by atoms with Crippen LogP contribution in [0, 0.1) is 0 Å². The van der Waals surface area contributed by atoms with Crippen LogP contribution in [0.2, 0.25) is 5.02 Å². The number of rotatable bonds is 4. The van der Waals surface area contributed by atoms with Crippen LogP contribution in [0.5, 0.6) is 0 Å². The second-order valence-electron chi connectivity index (χ2n) is 4.36. The molecule has 7 heteroatoms. The van der Waals surface area contributed by atoms with Crippen molar-refractivity contribution in [1.29, 1.82) is 0 Å². The SMILES string of the molecule is O=C(O)C(c1ccc(-c2ccc(Cl)cc2)cc1)S(=O)(=O)O. The molecule has 0 aromatic heterocycles. The highest BCUT2D eigenvalue weighted by molar-refractivity contribution is 7.86.